The Bertz CT molecular complexity index is 567. The molecule has 6 nitrogen and oxygen atoms in total. The molecule has 0 radical (unpaired) electrons. The molecule has 25 heavy (non-hydrogen) atoms. The van der Waals surface area contributed by atoms with Gasteiger partial charge < -0.3 is 12.4 Å². The van der Waals surface area contributed by atoms with Crippen molar-refractivity contribution in [1.82, 2.24) is 0 Å². The van der Waals surface area contributed by atoms with Crippen molar-refractivity contribution in [3.63, 3.8) is 0 Å². The Morgan fingerprint density at radius 2 is 1.08 bits per heavy atom. The second kappa shape index (κ2) is 5.83. The van der Waals surface area contributed by atoms with Gasteiger partial charge in [0.25, 0.3) is 0 Å². The summed E-state index contributed by atoms with van der Waals surface area (Å²) in [7, 11) is 4.34. The average Bonchev–Trinajstić information content (AvgIpc) is 2.19. The molecule has 0 N–H and O–H groups in total. The van der Waals surface area contributed by atoms with E-state index in [4.69, 9.17) is 30.1 Å². The first kappa shape index (κ1) is 22.7. The Morgan fingerprint density at radius 1 is 0.800 bits per heavy atom. The predicted octanol–water partition coefficient (Wildman–Crippen LogP) is 0.133. The van der Waals surface area contributed by atoms with Crippen molar-refractivity contribution in [2.75, 3.05) is 40.5 Å². The van der Waals surface area contributed by atoms with Gasteiger partial charge in [0, 0.05) is 0 Å². The molecule has 0 saturated heterocycles. The van der Waals surface area contributed by atoms with E-state index < -0.39 is 7.15 Å². The fourth-order valence-corrected chi connectivity index (χ4v) is 10.5. The molecule has 148 valence electrons. The van der Waals surface area contributed by atoms with Crippen molar-refractivity contribution in [3.8, 4) is 0 Å². The number of hydrogen-bond donors (Lipinski definition) is 0. The third-order valence-electron chi connectivity index (χ3n) is 4.02. The summed E-state index contributed by atoms with van der Waals surface area (Å²) in [5.74, 6) is 1.33. The van der Waals surface area contributed by atoms with Crippen molar-refractivity contribution in [1.29, 1.82) is 0 Å². The third-order valence-corrected chi connectivity index (χ3v) is 9.24. The van der Waals surface area contributed by atoms with Gasteiger partial charge in [-0.15, -0.1) is 0 Å². The van der Waals surface area contributed by atoms with E-state index in [9.17, 15) is 0 Å². The number of halogens is 2. The van der Waals surface area contributed by atoms with E-state index in [1.165, 1.54) is 0 Å². The molecule has 0 bridgehead atoms. The zero-order chi connectivity index (χ0) is 18.8. The van der Waals surface area contributed by atoms with Gasteiger partial charge in [-0.1, -0.05) is 0 Å². The minimum absolute atomic E-state index is 0. The van der Waals surface area contributed by atoms with Crippen LogP contribution in [0.5, 0.6) is 0 Å². The topological polar surface area (TPSA) is 43.2 Å². The fourth-order valence-electron chi connectivity index (χ4n) is 3.31. The zero-order valence-electron chi connectivity index (χ0n) is 17.3. The fraction of sp³-hybridized carbons (Fsp3) is 0.875. The van der Waals surface area contributed by atoms with Crippen LogP contribution in [0.2, 0.25) is 0 Å². The van der Waals surface area contributed by atoms with Crippen molar-refractivity contribution in [2.24, 2.45) is 21.0 Å². The Hall–Kier alpha value is -0.343. The van der Waals surface area contributed by atoms with Crippen LogP contribution >= 0.6 is 11.1 Å². The van der Waals surface area contributed by atoms with Crippen molar-refractivity contribution < 1.29 is 30.4 Å². The second-order valence-electron chi connectivity index (χ2n) is 10.4. The van der Waals surface area contributed by atoms with Crippen LogP contribution in [0.4, 0.5) is 0 Å². The van der Waals surface area contributed by atoms with Gasteiger partial charge in [0.1, 0.15) is 0 Å². The van der Waals surface area contributed by atoms with Gasteiger partial charge in [0.05, 0.1) is 0 Å². The largest absolute Gasteiger partial charge is 1.00 e. The zero-order valence-corrected chi connectivity index (χ0v) is 19.8. The third kappa shape index (κ3) is 4.89. The molecule has 0 aliphatic carbocycles. The van der Waals surface area contributed by atoms with Crippen LogP contribution in [-0.2, 0) is 8.85 Å². The van der Waals surface area contributed by atoms with Crippen molar-refractivity contribution in [2.45, 2.75) is 41.5 Å². The first-order valence-corrected chi connectivity index (χ1v) is 12.2. The Labute approximate surface area is 163 Å². The molecule has 0 aromatic carbocycles. The predicted molar refractivity (Wildman–Crippen MR) is 102 cm³/mol. The van der Waals surface area contributed by atoms with E-state index in [1.807, 2.05) is 28.2 Å². The number of hydrogen-bond acceptors (Lipinski definition) is 4. The number of nitrogens with zero attached hydrogens (tertiary/aromatic N) is 4. The molecule has 0 aromatic heterocycles. The number of quaternary nitrogens is 2. The smallest absolute Gasteiger partial charge is 1.00 e. The minimum atomic E-state index is -3.83. The summed E-state index contributed by atoms with van der Waals surface area (Å²) < 4.78 is 13.8. The Morgan fingerprint density at radius 3 is 1.32 bits per heavy atom. The van der Waals surface area contributed by atoms with Crippen LogP contribution in [0.3, 0.4) is 0 Å². The van der Waals surface area contributed by atoms with Crippen LogP contribution in [-0.4, -0.2) is 68.7 Å². The van der Waals surface area contributed by atoms with Gasteiger partial charge in [0.2, 0.25) is 0 Å². The van der Waals surface area contributed by atoms with E-state index in [-0.39, 0.29) is 23.2 Å². The van der Waals surface area contributed by atoms with Gasteiger partial charge in [-0.2, -0.15) is 0 Å². The van der Waals surface area contributed by atoms with E-state index in [1.54, 1.807) is 0 Å². The molecule has 1 spiro atoms. The van der Waals surface area contributed by atoms with Gasteiger partial charge in [-0.25, -0.2) is 0 Å². The molecule has 2 rings (SSSR count). The van der Waals surface area contributed by atoms with E-state index in [0.717, 1.165) is 0 Å². The molecular weight excluding hydrogens is 379 g/mol. The molecule has 9 heteroatoms. The molecule has 0 unspecified atom stereocenters. The Kier molecular flexibility index (Phi) is 5.29. The second-order valence-corrected chi connectivity index (χ2v) is 16.6. The molecule has 0 fully saturated rings. The summed E-state index contributed by atoms with van der Waals surface area (Å²) in [6.45, 7) is 12.5. The summed E-state index contributed by atoms with van der Waals surface area (Å²) in [6.07, 6.45) is 1.08. The molecule has 2 heterocycles. The van der Waals surface area contributed by atoms with E-state index in [0.29, 0.717) is 33.3 Å². The molecule has 2 aliphatic heterocycles. The maximum absolute atomic E-state index is 7.36. The van der Waals surface area contributed by atoms with Gasteiger partial charge in [-0.05, 0) is 0 Å². The number of rotatable bonds is 0. The summed E-state index contributed by atoms with van der Waals surface area (Å²) in [5.41, 5.74) is -0.476. The maximum atomic E-state index is 7.36. The van der Waals surface area contributed by atoms with Gasteiger partial charge in [0.15, 0.2) is 0 Å². The Balaban J connectivity index is 0.00000312. The average molecular weight is 413 g/mol. The van der Waals surface area contributed by atoms with Crippen LogP contribution in [0.25, 0.3) is 0 Å². The normalized spacial score (nSPS) is 28.2. The maximum Gasteiger partial charge on any atom is -1.00 e. The monoisotopic (exact) mass is 412 g/mol. The minimum Gasteiger partial charge on any atom is -1.00 e. The van der Waals surface area contributed by atoms with Crippen LogP contribution in [0.15, 0.2) is 10.2 Å². The van der Waals surface area contributed by atoms with E-state index >= 15 is 0 Å². The van der Waals surface area contributed by atoms with E-state index in [2.05, 4.69) is 41.5 Å². The van der Waals surface area contributed by atoms with Crippen molar-refractivity contribution in [3.05, 3.63) is 0 Å². The van der Waals surface area contributed by atoms with Crippen LogP contribution in [0, 0.1) is 10.8 Å². The van der Waals surface area contributed by atoms with Crippen LogP contribution < -0.4 is 12.4 Å². The molecule has 0 aromatic rings. The van der Waals surface area contributed by atoms with Gasteiger partial charge >= 0.3 is 151 Å². The molecule has 0 saturated carbocycles. The van der Waals surface area contributed by atoms with Gasteiger partial charge in [-0.3, -0.25) is 0 Å². The summed E-state index contributed by atoms with van der Waals surface area (Å²) in [4.78, 5) is 0. The summed E-state index contributed by atoms with van der Waals surface area (Å²) in [5, 5.41) is 9.55. The van der Waals surface area contributed by atoms with Crippen molar-refractivity contribution >= 4 is 30.0 Å². The molecule has 0 atom stereocenters. The molecular formula is C16H34Cl2N4O2Si. The quantitative estimate of drug-likeness (QED) is 0.322. The van der Waals surface area contributed by atoms with Crippen LogP contribution in [0.1, 0.15) is 41.5 Å². The standard InChI is InChI=1S/C16H34ClN4O2Si.ClH/c1-15(2,3)13-18-20(7,8)11-24(17,22-13)12-21(9,10)19-14(23-24)16(4,5)6;/h11-12H2,1-10H3;1H/q+1;/p-1. The summed E-state index contributed by atoms with van der Waals surface area (Å²) in [6, 6.07) is 0. The first-order valence-electron chi connectivity index (χ1n) is 8.48. The first-order chi connectivity index (χ1) is 10.3. The molecule has 2 aliphatic rings. The summed E-state index contributed by atoms with van der Waals surface area (Å²) >= 11 is 7.36. The SMILES string of the molecule is CC(C)(C)C1=N[N+](C)(C)C[Si-]2(Cl)(C[N+](C)(C)N=C(C(C)(C)C)O2)O1.[Cl-]. The molecule has 0 amide bonds.